The van der Waals surface area contributed by atoms with Crippen LogP contribution in [-0.2, 0) is 15.6 Å². The van der Waals surface area contributed by atoms with Gasteiger partial charge in [0.2, 0.25) is 0 Å². The van der Waals surface area contributed by atoms with Gasteiger partial charge in [-0.2, -0.15) is 0 Å². The number of benzene rings is 1. The highest BCUT2D eigenvalue weighted by Gasteiger charge is 2.11. The Bertz CT molecular complexity index is 601. The van der Waals surface area contributed by atoms with Crippen molar-refractivity contribution in [3.8, 4) is 0 Å². The number of fused-ring (bicyclic) bond motifs is 1. The summed E-state index contributed by atoms with van der Waals surface area (Å²) >= 11 is 0. The second kappa shape index (κ2) is 3.54. The van der Waals surface area contributed by atoms with Crippen molar-refractivity contribution in [2.45, 2.75) is 18.4 Å². The van der Waals surface area contributed by atoms with Gasteiger partial charge in [0.15, 0.2) is 0 Å². The molecule has 0 unspecified atom stereocenters. The summed E-state index contributed by atoms with van der Waals surface area (Å²) in [5.41, 5.74) is 0.888. The molecule has 2 rings (SSSR count). The third-order valence-electron chi connectivity index (χ3n) is 2.37. The number of halogens is 1. The first-order valence-corrected chi connectivity index (χ1v) is 6.87. The molecule has 0 amide bonds. The van der Waals surface area contributed by atoms with E-state index < -0.39 is 9.05 Å². The van der Waals surface area contributed by atoms with E-state index in [0.29, 0.717) is 0 Å². The first-order valence-electron chi connectivity index (χ1n) is 4.56. The molecule has 0 radical (unpaired) electrons. The Hall–Kier alpha value is -1.00. The maximum atomic E-state index is 11.2. The Morgan fingerprint density at radius 2 is 2.07 bits per heavy atom. The largest absolute Gasteiger partial charge is 0.348 e. The highest BCUT2D eigenvalue weighted by molar-refractivity contribution is 8.13. The Balaban J connectivity index is 2.73. The first kappa shape index (κ1) is 10.5. The molecule has 0 fully saturated rings. The van der Waals surface area contributed by atoms with Gasteiger partial charge in [0.05, 0.1) is 4.90 Å². The zero-order valence-corrected chi connectivity index (χ0v) is 9.72. The zero-order chi connectivity index (χ0) is 11.1. The van der Waals surface area contributed by atoms with Gasteiger partial charge in [0.25, 0.3) is 9.05 Å². The van der Waals surface area contributed by atoms with Gasteiger partial charge >= 0.3 is 0 Å². The lowest BCUT2D eigenvalue weighted by Gasteiger charge is -2.01. The van der Waals surface area contributed by atoms with Crippen LogP contribution >= 0.6 is 10.7 Å². The summed E-state index contributed by atoms with van der Waals surface area (Å²) in [7, 11) is 1.65. The van der Waals surface area contributed by atoms with E-state index in [9.17, 15) is 8.42 Å². The minimum atomic E-state index is -3.64. The average Bonchev–Trinajstić information content (AvgIpc) is 2.57. The van der Waals surface area contributed by atoms with E-state index in [-0.39, 0.29) is 4.90 Å². The Kier molecular flexibility index (Phi) is 2.48. The Labute approximate surface area is 92.7 Å². The van der Waals surface area contributed by atoms with E-state index >= 15 is 0 Å². The summed E-state index contributed by atoms with van der Waals surface area (Å²) in [4.78, 5) is 0.144. The third-order valence-corrected chi connectivity index (χ3v) is 3.72. The Morgan fingerprint density at radius 1 is 1.33 bits per heavy atom. The number of hydrogen-bond acceptors (Lipinski definition) is 2. The van der Waals surface area contributed by atoms with Crippen molar-refractivity contribution in [2.75, 3.05) is 0 Å². The van der Waals surface area contributed by atoms with Crippen LogP contribution in [0.4, 0.5) is 0 Å². The molecule has 80 valence electrons. The molecule has 1 aromatic heterocycles. The Morgan fingerprint density at radius 3 is 2.67 bits per heavy atom. The number of aryl methyl sites for hydroxylation is 1. The third kappa shape index (κ3) is 1.87. The van der Waals surface area contributed by atoms with Gasteiger partial charge in [0, 0.05) is 28.9 Å². The van der Waals surface area contributed by atoms with Gasteiger partial charge in [0.1, 0.15) is 0 Å². The summed E-state index contributed by atoms with van der Waals surface area (Å²) < 4.78 is 24.3. The van der Waals surface area contributed by atoms with Crippen LogP contribution in [0.2, 0.25) is 0 Å². The molecule has 1 heterocycles. The number of nitrogens with zero attached hydrogens (tertiary/aromatic N) is 1. The van der Waals surface area contributed by atoms with E-state index in [4.69, 9.17) is 10.7 Å². The van der Waals surface area contributed by atoms with Crippen LogP contribution in [0.15, 0.2) is 35.4 Å². The van der Waals surface area contributed by atoms with Crippen LogP contribution in [0.1, 0.15) is 6.92 Å². The smallest absolute Gasteiger partial charge is 0.261 e. The fourth-order valence-corrected chi connectivity index (χ4v) is 2.36. The lowest BCUT2D eigenvalue weighted by atomic mass is 10.2. The summed E-state index contributed by atoms with van der Waals surface area (Å²) in [6.45, 7) is 2.80. The fraction of sp³-hybridized carbons (Fsp3) is 0.200. The predicted octanol–water partition coefficient (Wildman–Crippen LogP) is 2.59. The number of aromatic nitrogens is 1. The number of rotatable bonds is 2. The highest BCUT2D eigenvalue weighted by Crippen LogP contribution is 2.22. The molecular formula is C10H10ClNO2S. The molecule has 0 saturated carbocycles. The standard InChI is InChI=1S/C10H10ClNO2S/c1-2-12-6-5-8-3-4-9(7-10(8)12)15(11,13)14/h3-7H,2H2,1H3. The van der Waals surface area contributed by atoms with E-state index in [2.05, 4.69) is 0 Å². The van der Waals surface area contributed by atoms with Crippen molar-refractivity contribution in [3.63, 3.8) is 0 Å². The maximum Gasteiger partial charge on any atom is 0.261 e. The fourth-order valence-electron chi connectivity index (χ4n) is 1.59. The predicted molar refractivity (Wildman–Crippen MR) is 60.7 cm³/mol. The molecule has 0 N–H and O–H groups in total. The quantitative estimate of drug-likeness (QED) is 0.761. The normalized spacial score (nSPS) is 12.1. The molecule has 0 aliphatic heterocycles. The zero-order valence-electron chi connectivity index (χ0n) is 8.14. The molecule has 2 aromatic rings. The van der Waals surface area contributed by atoms with E-state index in [1.165, 1.54) is 6.07 Å². The summed E-state index contributed by atoms with van der Waals surface area (Å²) in [6.07, 6.45) is 1.93. The molecular weight excluding hydrogens is 234 g/mol. The summed E-state index contributed by atoms with van der Waals surface area (Å²) in [5.74, 6) is 0. The van der Waals surface area contributed by atoms with Gasteiger partial charge in [-0.15, -0.1) is 0 Å². The van der Waals surface area contributed by atoms with Crippen LogP contribution in [0.5, 0.6) is 0 Å². The molecule has 0 aliphatic carbocycles. The molecule has 0 aliphatic rings. The average molecular weight is 244 g/mol. The van der Waals surface area contributed by atoms with Gasteiger partial charge < -0.3 is 4.57 Å². The van der Waals surface area contributed by atoms with Gasteiger partial charge in [-0.1, -0.05) is 6.07 Å². The van der Waals surface area contributed by atoms with E-state index in [1.54, 1.807) is 12.1 Å². The van der Waals surface area contributed by atoms with Crippen molar-refractivity contribution in [1.82, 2.24) is 4.57 Å². The molecule has 15 heavy (non-hydrogen) atoms. The minimum Gasteiger partial charge on any atom is -0.348 e. The molecule has 1 aromatic carbocycles. The second-order valence-electron chi connectivity index (χ2n) is 3.26. The summed E-state index contributed by atoms with van der Waals surface area (Å²) in [6, 6.07) is 6.83. The number of hydrogen-bond donors (Lipinski definition) is 0. The van der Waals surface area contributed by atoms with E-state index in [1.807, 2.05) is 23.8 Å². The first-order chi connectivity index (χ1) is 7.02. The van der Waals surface area contributed by atoms with Crippen LogP contribution in [0.25, 0.3) is 10.9 Å². The van der Waals surface area contributed by atoms with Crippen LogP contribution in [0, 0.1) is 0 Å². The summed E-state index contributed by atoms with van der Waals surface area (Å²) in [5, 5.41) is 1.01. The minimum absolute atomic E-state index is 0.144. The SMILES string of the molecule is CCn1ccc2ccc(S(=O)(=O)Cl)cc21. The lowest BCUT2D eigenvalue weighted by molar-refractivity contribution is 0.609. The highest BCUT2D eigenvalue weighted by atomic mass is 35.7. The van der Waals surface area contributed by atoms with Crippen LogP contribution in [-0.4, -0.2) is 13.0 Å². The molecule has 0 saturated heterocycles. The molecule has 5 heteroatoms. The van der Waals surface area contributed by atoms with E-state index in [0.717, 1.165) is 17.4 Å². The maximum absolute atomic E-state index is 11.2. The van der Waals surface area contributed by atoms with Gasteiger partial charge in [-0.05, 0) is 30.5 Å². The van der Waals surface area contributed by atoms with Gasteiger partial charge in [-0.3, -0.25) is 0 Å². The molecule has 0 bridgehead atoms. The van der Waals surface area contributed by atoms with Crippen molar-refractivity contribution < 1.29 is 8.42 Å². The van der Waals surface area contributed by atoms with Crippen LogP contribution in [0.3, 0.4) is 0 Å². The van der Waals surface area contributed by atoms with Crippen molar-refractivity contribution in [2.24, 2.45) is 0 Å². The molecule has 0 atom stereocenters. The molecule has 3 nitrogen and oxygen atoms in total. The second-order valence-corrected chi connectivity index (χ2v) is 5.83. The van der Waals surface area contributed by atoms with Gasteiger partial charge in [-0.25, -0.2) is 8.42 Å². The van der Waals surface area contributed by atoms with Crippen molar-refractivity contribution in [3.05, 3.63) is 30.5 Å². The van der Waals surface area contributed by atoms with Crippen LogP contribution < -0.4 is 0 Å². The molecule has 0 spiro atoms. The monoisotopic (exact) mass is 243 g/mol. The van der Waals surface area contributed by atoms with Crippen molar-refractivity contribution in [1.29, 1.82) is 0 Å². The van der Waals surface area contributed by atoms with Crippen molar-refractivity contribution >= 4 is 30.6 Å². The topological polar surface area (TPSA) is 39.1 Å². The lowest BCUT2D eigenvalue weighted by Crippen LogP contribution is -1.94.